The summed E-state index contributed by atoms with van der Waals surface area (Å²) in [6, 6.07) is 11.6. The Balaban J connectivity index is 1.40. The molecule has 4 rings (SSSR count). The molecule has 0 unspecified atom stereocenters. The molecule has 0 saturated carbocycles. The van der Waals surface area contributed by atoms with Crippen molar-refractivity contribution < 1.29 is 9.18 Å². The number of likely N-dealkylation sites (tertiary alicyclic amines) is 1. The number of pyridine rings is 1. The van der Waals surface area contributed by atoms with Gasteiger partial charge in [-0.1, -0.05) is 12.1 Å². The molecule has 0 bridgehead atoms. The largest absolute Gasteiger partial charge is 0.324 e. The molecular weight excluding hydrogens is 357 g/mol. The summed E-state index contributed by atoms with van der Waals surface area (Å²) in [6.07, 6.45) is 6.57. The molecule has 1 N–H and O–H groups in total. The van der Waals surface area contributed by atoms with Crippen LogP contribution in [0.3, 0.4) is 0 Å². The van der Waals surface area contributed by atoms with Crippen LogP contribution in [0.5, 0.6) is 0 Å². The molecule has 3 heterocycles. The van der Waals surface area contributed by atoms with Gasteiger partial charge in [-0.05, 0) is 43.2 Å². The first-order valence-electron chi connectivity index (χ1n) is 9.24. The van der Waals surface area contributed by atoms with E-state index < -0.39 is 0 Å². The first-order chi connectivity index (χ1) is 13.7. The maximum atomic E-state index is 13.5. The van der Waals surface area contributed by atoms with Gasteiger partial charge in [0, 0.05) is 37.0 Å². The van der Waals surface area contributed by atoms with E-state index in [9.17, 15) is 9.18 Å². The van der Waals surface area contributed by atoms with Crippen LogP contribution in [0.2, 0.25) is 0 Å². The lowest BCUT2D eigenvalue weighted by Crippen LogP contribution is -2.40. The van der Waals surface area contributed by atoms with Crippen LogP contribution in [0.15, 0.2) is 61.1 Å². The Hall–Kier alpha value is -3.35. The molecule has 3 aromatic rings. The van der Waals surface area contributed by atoms with E-state index in [-0.39, 0.29) is 17.8 Å². The quantitative estimate of drug-likeness (QED) is 0.746. The minimum atomic E-state index is -0.286. The van der Waals surface area contributed by atoms with Crippen molar-refractivity contribution >= 4 is 11.7 Å². The Bertz CT molecular complexity index is 958. The molecule has 2 amide bonds. The topological polar surface area (TPSA) is 71.0 Å². The Labute approximate surface area is 162 Å². The average Bonchev–Trinajstić information content (AvgIpc) is 2.75. The second kappa shape index (κ2) is 8.12. The SMILES string of the molecule is O=C(Nc1cccnc1)N1CCC(c2nccc(-c3cccc(F)c3)n2)CC1. The minimum absolute atomic E-state index is 0.124. The Kier molecular flexibility index (Phi) is 5.23. The number of piperidine rings is 1. The number of aromatic nitrogens is 3. The Morgan fingerprint density at radius 3 is 2.71 bits per heavy atom. The average molecular weight is 377 g/mol. The second-order valence-corrected chi connectivity index (χ2v) is 6.74. The maximum absolute atomic E-state index is 13.5. The number of benzene rings is 1. The van der Waals surface area contributed by atoms with Crippen molar-refractivity contribution in [2.75, 3.05) is 18.4 Å². The molecule has 1 aliphatic heterocycles. The zero-order valence-electron chi connectivity index (χ0n) is 15.3. The van der Waals surface area contributed by atoms with Gasteiger partial charge in [-0.2, -0.15) is 0 Å². The number of amides is 2. The summed E-state index contributed by atoms with van der Waals surface area (Å²) < 4.78 is 13.5. The van der Waals surface area contributed by atoms with Crippen LogP contribution in [0.1, 0.15) is 24.6 Å². The van der Waals surface area contributed by atoms with Gasteiger partial charge in [0.15, 0.2) is 0 Å². The van der Waals surface area contributed by atoms with Gasteiger partial charge >= 0.3 is 6.03 Å². The number of carbonyl (C=O) groups excluding carboxylic acids is 1. The predicted octanol–water partition coefficient (Wildman–Crippen LogP) is 4.09. The highest BCUT2D eigenvalue weighted by molar-refractivity contribution is 5.89. The zero-order chi connectivity index (χ0) is 19.3. The molecule has 1 aliphatic rings. The smallest absolute Gasteiger partial charge is 0.321 e. The van der Waals surface area contributed by atoms with E-state index >= 15 is 0 Å². The van der Waals surface area contributed by atoms with Gasteiger partial charge in [0.05, 0.1) is 17.6 Å². The highest BCUT2D eigenvalue weighted by Crippen LogP contribution is 2.27. The van der Waals surface area contributed by atoms with E-state index in [1.54, 1.807) is 41.7 Å². The lowest BCUT2D eigenvalue weighted by atomic mass is 9.96. The second-order valence-electron chi connectivity index (χ2n) is 6.74. The van der Waals surface area contributed by atoms with Crippen molar-refractivity contribution in [1.82, 2.24) is 19.9 Å². The lowest BCUT2D eigenvalue weighted by molar-refractivity contribution is 0.193. The number of anilines is 1. The molecular formula is C21H20FN5O. The molecule has 1 fully saturated rings. The van der Waals surface area contributed by atoms with Crippen molar-refractivity contribution in [3.8, 4) is 11.3 Å². The van der Waals surface area contributed by atoms with Crippen molar-refractivity contribution in [2.24, 2.45) is 0 Å². The van der Waals surface area contributed by atoms with E-state index in [2.05, 4.69) is 20.3 Å². The van der Waals surface area contributed by atoms with Crippen LogP contribution < -0.4 is 5.32 Å². The van der Waals surface area contributed by atoms with Crippen LogP contribution >= 0.6 is 0 Å². The Morgan fingerprint density at radius 1 is 1.11 bits per heavy atom. The van der Waals surface area contributed by atoms with Crippen LogP contribution in [-0.2, 0) is 0 Å². The van der Waals surface area contributed by atoms with Gasteiger partial charge in [-0.25, -0.2) is 19.2 Å². The third-order valence-electron chi connectivity index (χ3n) is 4.85. The molecule has 1 saturated heterocycles. The summed E-state index contributed by atoms with van der Waals surface area (Å²) in [6.45, 7) is 1.26. The first-order valence-corrected chi connectivity index (χ1v) is 9.24. The standard InChI is InChI=1S/C21H20FN5O/c22-17-4-1-3-16(13-17)19-6-10-24-20(26-19)15-7-11-27(12-8-15)21(28)25-18-5-2-9-23-14-18/h1-6,9-10,13-15H,7-8,11-12H2,(H,25,28). The van der Waals surface area contributed by atoms with Crippen LogP contribution in [0.25, 0.3) is 11.3 Å². The van der Waals surface area contributed by atoms with E-state index in [1.807, 2.05) is 12.1 Å². The number of nitrogens with one attached hydrogen (secondary N) is 1. The number of hydrogen-bond acceptors (Lipinski definition) is 4. The van der Waals surface area contributed by atoms with E-state index in [0.717, 1.165) is 24.2 Å². The fraction of sp³-hybridized carbons (Fsp3) is 0.238. The van der Waals surface area contributed by atoms with Gasteiger partial charge < -0.3 is 10.2 Å². The van der Waals surface area contributed by atoms with E-state index in [1.165, 1.54) is 12.1 Å². The monoisotopic (exact) mass is 377 g/mol. The van der Waals surface area contributed by atoms with Crippen molar-refractivity contribution in [2.45, 2.75) is 18.8 Å². The summed E-state index contributed by atoms with van der Waals surface area (Å²) in [5.74, 6) is 0.635. The molecule has 6 nitrogen and oxygen atoms in total. The number of hydrogen-bond donors (Lipinski definition) is 1. The molecule has 2 aromatic heterocycles. The van der Waals surface area contributed by atoms with E-state index in [4.69, 9.17) is 0 Å². The maximum Gasteiger partial charge on any atom is 0.321 e. The molecule has 28 heavy (non-hydrogen) atoms. The Morgan fingerprint density at radius 2 is 1.96 bits per heavy atom. The van der Waals surface area contributed by atoms with Gasteiger partial charge in [-0.15, -0.1) is 0 Å². The van der Waals surface area contributed by atoms with Gasteiger partial charge in [-0.3, -0.25) is 4.98 Å². The summed E-state index contributed by atoms with van der Waals surface area (Å²) in [5, 5.41) is 2.86. The zero-order valence-corrected chi connectivity index (χ0v) is 15.3. The number of nitrogens with zero attached hydrogens (tertiary/aromatic N) is 4. The van der Waals surface area contributed by atoms with Gasteiger partial charge in [0.25, 0.3) is 0 Å². The number of urea groups is 1. The van der Waals surface area contributed by atoms with Crippen LogP contribution in [-0.4, -0.2) is 39.0 Å². The number of halogens is 1. The molecule has 1 aromatic carbocycles. The van der Waals surface area contributed by atoms with Crippen molar-refractivity contribution in [3.05, 3.63) is 72.7 Å². The van der Waals surface area contributed by atoms with Crippen LogP contribution in [0.4, 0.5) is 14.9 Å². The highest BCUT2D eigenvalue weighted by atomic mass is 19.1. The number of carbonyl (C=O) groups is 1. The fourth-order valence-corrected chi connectivity index (χ4v) is 3.36. The lowest BCUT2D eigenvalue weighted by Gasteiger charge is -2.31. The van der Waals surface area contributed by atoms with Gasteiger partial charge in [0.2, 0.25) is 0 Å². The summed E-state index contributed by atoms with van der Waals surface area (Å²) >= 11 is 0. The van der Waals surface area contributed by atoms with Crippen LogP contribution in [0, 0.1) is 5.82 Å². The molecule has 0 radical (unpaired) electrons. The highest BCUT2D eigenvalue weighted by Gasteiger charge is 2.25. The van der Waals surface area contributed by atoms with Gasteiger partial charge in [0.1, 0.15) is 11.6 Å². The molecule has 0 atom stereocenters. The van der Waals surface area contributed by atoms with Crippen molar-refractivity contribution in [3.63, 3.8) is 0 Å². The molecule has 142 valence electrons. The number of rotatable bonds is 3. The van der Waals surface area contributed by atoms with E-state index in [0.29, 0.717) is 24.5 Å². The normalized spacial score (nSPS) is 14.7. The first kappa shape index (κ1) is 18.0. The molecule has 0 spiro atoms. The summed E-state index contributed by atoms with van der Waals surface area (Å²) in [7, 11) is 0. The molecule has 7 heteroatoms. The van der Waals surface area contributed by atoms with Crippen molar-refractivity contribution in [1.29, 1.82) is 0 Å². The summed E-state index contributed by atoms with van der Waals surface area (Å²) in [5.41, 5.74) is 2.12. The third kappa shape index (κ3) is 4.14. The third-order valence-corrected chi connectivity index (χ3v) is 4.85. The minimum Gasteiger partial charge on any atom is -0.324 e. The molecule has 0 aliphatic carbocycles. The fourth-order valence-electron chi connectivity index (χ4n) is 3.36. The predicted molar refractivity (Wildman–Crippen MR) is 104 cm³/mol. The summed E-state index contributed by atoms with van der Waals surface area (Å²) in [4.78, 5) is 27.3.